The quantitative estimate of drug-likeness (QED) is 0.578. The number of carboxylic acid groups (broad SMARTS) is 1. The Bertz CT molecular complexity index is 462. The molecule has 0 aliphatic carbocycles. The predicted octanol–water partition coefficient (Wildman–Crippen LogP) is 1.87. The van der Waals surface area contributed by atoms with Crippen LogP contribution in [-0.4, -0.2) is 22.7 Å². The molecule has 0 amide bonds. The fourth-order valence-electron chi connectivity index (χ4n) is 1.86. The number of hydrogen-bond donors (Lipinski definition) is 3. The Morgan fingerprint density at radius 2 is 2.19 bits per heavy atom. The van der Waals surface area contributed by atoms with E-state index in [1.165, 1.54) is 0 Å². The second-order valence-corrected chi connectivity index (χ2v) is 5.81. The molecule has 1 heterocycles. The van der Waals surface area contributed by atoms with Crippen LogP contribution in [-0.2, 0) is 11.2 Å². The summed E-state index contributed by atoms with van der Waals surface area (Å²) >= 11 is 4.06. The van der Waals surface area contributed by atoms with Crippen LogP contribution in [0, 0.1) is 7.14 Å². The molecule has 0 saturated carbocycles. The van der Waals surface area contributed by atoms with E-state index in [9.17, 15) is 9.90 Å². The van der Waals surface area contributed by atoms with E-state index in [4.69, 9.17) is 5.11 Å². The van der Waals surface area contributed by atoms with Gasteiger partial charge in [-0.1, -0.05) is 0 Å². The van der Waals surface area contributed by atoms with Crippen LogP contribution in [0.2, 0.25) is 0 Å². The van der Waals surface area contributed by atoms with Crippen molar-refractivity contribution in [3.05, 3.63) is 24.3 Å². The van der Waals surface area contributed by atoms with Crippen LogP contribution in [0.25, 0.3) is 0 Å². The molecule has 1 aromatic rings. The lowest BCUT2D eigenvalue weighted by Gasteiger charge is -2.25. The molecule has 6 heteroatoms. The number of benzene rings is 1. The van der Waals surface area contributed by atoms with Gasteiger partial charge in [0.25, 0.3) is 0 Å². The molecule has 0 radical (unpaired) electrons. The van der Waals surface area contributed by atoms with Gasteiger partial charge in [-0.3, -0.25) is 4.79 Å². The molecule has 1 atom stereocenters. The van der Waals surface area contributed by atoms with Gasteiger partial charge in [-0.15, -0.1) is 0 Å². The number of hydrogen-bond acceptors (Lipinski definition) is 3. The first-order valence-corrected chi connectivity index (χ1v) is 6.84. The fraction of sp³-hybridized carbons (Fsp3) is 0.300. The van der Waals surface area contributed by atoms with Crippen molar-refractivity contribution < 1.29 is 15.0 Å². The van der Waals surface area contributed by atoms with Crippen LogP contribution in [0.3, 0.4) is 0 Å². The fourth-order valence-corrected chi connectivity index (χ4v) is 3.97. The Hall–Kier alpha value is -0.0900. The van der Waals surface area contributed by atoms with Crippen LogP contribution in [0.4, 0.5) is 0 Å². The molecule has 1 aliphatic rings. The van der Waals surface area contributed by atoms with Crippen molar-refractivity contribution in [2.24, 2.45) is 0 Å². The predicted molar refractivity (Wildman–Crippen MR) is 75.6 cm³/mol. The van der Waals surface area contributed by atoms with E-state index in [1.807, 2.05) is 28.7 Å². The van der Waals surface area contributed by atoms with E-state index in [1.54, 1.807) is 0 Å². The minimum absolute atomic E-state index is 0.176. The highest BCUT2D eigenvalue weighted by Gasteiger charge is 2.29. The number of nitrogens with one attached hydrogen (secondary N) is 1. The average Bonchev–Trinajstić information content (AvgIpc) is 2.25. The largest absolute Gasteiger partial charge is 0.506 e. The van der Waals surface area contributed by atoms with Crippen LogP contribution >= 0.6 is 45.2 Å². The highest BCUT2D eigenvalue weighted by molar-refractivity contribution is 14.1. The number of halogens is 2. The van der Waals surface area contributed by atoms with Gasteiger partial charge in [0, 0.05) is 12.1 Å². The Morgan fingerprint density at radius 1 is 1.50 bits per heavy atom. The summed E-state index contributed by atoms with van der Waals surface area (Å²) in [5.41, 5.74) is 1.72. The maximum atomic E-state index is 11.1. The van der Waals surface area contributed by atoms with Gasteiger partial charge in [0.1, 0.15) is 11.8 Å². The van der Waals surface area contributed by atoms with Gasteiger partial charge >= 0.3 is 5.97 Å². The Kier molecular flexibility index (Phi) is 3.59. The molecule has 1 aromatic carbocycles. The lowest BCUT2D eigenvalue weighted by atomic mass is 9.94. The zero-order chi connectivity index (χ0) is 11.9. The number of carboxylic acids is 1. The molecule has 3 N–H and O–H groups in total. The second kappa shape index (κ2) is 4.65. The topological polar surface area (TPSA) is 69.6 Å². The van der Waals surface area contributed by atoms with E-state index in [-0.39, 0.29) is 5.75 Å². The third-order valence-corrected chi connectivity index (χ3v) is 4.51. The third-order valence-electron chi connectivity index (χ3n) is 2.60. The Morgan fingerprint density at radius 3 is 2.81 bits per heavy atom. The van der Waals surface area contributed by atoms with Gasteiger partial charge in [-0.05, 0) is 63.2 Å². The summed E-state index contributed by atoms with van der Waals surface area (Å²) in [4.78, 5) is 11.1. The van der Waals surface area contributed by atoms with Crippen molar-refractivity contribution in [3.8, 4) is 5.75 Å². The molecule has 1 aliphatic heterocycles. The molecule has 0 fully saturated rings. The summed E-state index contributed by atoms with van der Waals surface area (Å²) < 4.78 is 1.41. The average molecular weight is 445 g/mol. The monoisotopic (exact) mass is 445 g/mol. The summed E-state index contributed by atoms with van der Waals surface area (Å²) in [5, 5.41) is 21.9. The number of fused-ring (bicyclic) bond motifs is 1. The summed E-state index contributed by atoms with van der Waals surface area (Å²) in [6.07, 6.45) is 0.797. The van der Waals surface area contributed by atoms with Crippen molar-refractivity contribution >= 4 is 51.2 Å². The van der Waals surface area contributed by atoms with E-state index >= 15 is 0 Å². The smallest absolute Gasteiger partial charge is 0.325 e. The molecule has 0 bridgehead atoms. The number of aromatic hydroxyl groups is 1. The first-order valence-electron chi connectivity index (χ1n) is 4.68. The van der Waals surface area contributed by atoms with Gasteiger partial charge in [0.15, 0.2) is 0 Å². The minimum atomic E-state index is -0.903. The molecule has 0 spiro atoms. The van der Waals surface area contributed by atoms with Crippen molar-refractivity contribution in [2.45, 2.75) is 12.5 Å². The first kappa shape index (κ1) is 12.4. The van der Waals surface area contributed by atoms with Crippen LogP contribution in [0.5, 0.6) is 5.75 Å². The minimum Gasteiger partial charge on any atom is -0.506 e. The lowest BCUT2D eigenvalue weighted by molar-refractivity contribution is -0.139. The van der Waals surface area contributed by atoms with Crippen molar-refractivity contribution in [1.29, 1.82) is 0 Å². The van der Waals surface area contributed by atoms with E-state index in [2.05, 4.69) is 27.9 Å². The SMILES string of the molecule is O=C(O)C1NCCc2cc(I)c(O)c(I)c21. The van der Waals surface area contributed by atoms with Crippen molar-refractivity contribution in [3.63, 3.8) is 0 Å². The number of carbonyl (C=O) groups is 1. The summed E-state index contributed by atoms with van der Waals surface area (Å²) in [6, 6.07) is 1.16. The standard InChI is InChI=1S/C10H9I2NO3/c11-5-3-4-1-2-13-8(10(15)16)6(4)7(12)9(5)14/h3,8,13-14H,1-2H2,(H,15,16). The normalized spacial score (nSPS) is 19.2. The molecule has 0 saturated heterocycles. The van der Waals surface area contributed by atoms with Crippen LogP contribution in [0.1, 0.15) is 17.2 Å². The van der Waals surface area contributed by atoms with Crippen LogP contribution in [0.15, 0.2) is 6.07 Å². The van der Waals surface area contributed by atoms with Crippen molar-refractivity contribution in [2.75, 3.05) is 6.54 Å². The zero-order valence-electron chi connectivity index (χ0n) is 8.13. The Balaban J connectivity index is 2.63. The van der Waals surface area contributed by atoms with Gasteiger partial charge < -0.3 is 15.5 Å². The summed E-state index contributed by atoms with van der Waals surface area (Å²) in [5.74, 6) is -0.727. The molecular formula is C10H9I2NO3. The van der Waals surface area contributed by atoms with Crippen molar-refractivity contribution in [1.82, 2.24) is 5.32 Å². The van der Waals surface area contributed by atoms with Gasteiger partial charge in [0.05, 0.1) is 7.14 Å². The zero-order valence-corrected chi connectivity index (χ0v) is 12.4. The van der Waals surface area contributed by atoms with Gasteiger partial charge in [-0.25, -0.2) is 0 Å². The molecule has 86 valence electrons. The maximum absolute atomic E-state index is 11.1. The van der Waals surface area contributed by atoms with Crippen LogP contribution < -0.4 is 5.32 Å². The number of phenols is 1. The van der Waals surface area contributed by atoms with Gasteiger partial charge in [0.2, 0.25) is 0 Å². The Labute approximate surface area is 120 Å². The van der Waals surface area contributed by atoms with E-state index in [0.29, 0.717) is 15.7 Å². The number of rotatable bonds is 1. The number of aliphatic carboxylic acids is 1. The highest BCUT2D eigenvalue weighted by Crippen LogP contribution is 2.36. The highest BCUT2D eigenvalue weighted by atomic mass is 127. The second-order valence-electron chi connectivity index (χ2n) is 3.57. The maximum Gasteiger partial charge on any atom is 0.325 e. The third kappa shape index (κ3) is 2.02. The lowest BCUT2D eigenvalue weighted by Crippen LogP contribution is -2.35. The number of phenolic OH excluding ortho intramolecular Hbond substituents is 1. The van der Waals surface area contributed by atoms with E-state index < -0.39 is 12.0 Å². The summed E-state index contributed by atoms with van der Waals surface area (Å²) in [6.45, 7) is 0.654. The molecule has 16 heavy (non-hydrogen) atoms. The molecule has 4 nitrogen and oxygen atoms in total. The summed E-state index contributed by atoms with van der Waals surface area (Å²) in [7, 11) is 0. The van der Waals surface area contributed by atoms with E-state index in [0.717, 1.165) is 15.6 Å². The molecular weight excluding hydrogens is 436 g/mol. The molecule has 0 aromatic heterocycles. The first-order chi connectivity index (χ1) is 7.52. The molecule has 2 rings (SSSR count). The molecule has 1 unspecified atom stereocenters. The van der Waals surface area contributed by atoms with Gasteiger partial charge in [-0.2, -0.15) is 0 Å².